The molecule has 0 spiro atoms. The van der Waals surface area contributed by atoms with Crippen LogP contribution in [0.15, 0.2) is 18.2 Å². The lowest BCUT2D eigenvalue weighted by atomic mass is 10.2. The van der Waals surface area contributed by atoms with Gasteiger partial charge < -0.3 is 19.6 Å². The average Bonchev–Trinajstić information content (AvgIpc) is 2.46. The van der Waals surface area contributed by atoms with Gasteiger partial charge >= 0.3 is 12.1 Å². The van der Waals surface area contributed by atoms with E-state index in [0.29, 0.717) is 32.0 Å². The van der Waals surface area contributed by atoms with E-state index in [0.717, 1.165) is 0 Å². The van der Waals surface area contributed by atoms with E-state index in [-0.39, 0.29) is 11.8 Å². The lowest BCUT2D eigenvalue weighted by molar-refractivity contribution is 0.0240. The molecule has 1 fully saturated rings. The van der Waals surface area contributed by atoms with Crippen molar-refractivity contribution in [2.45, 2.75) is 26.4 Å². The van der Waals surface area contributed by atoms with Gasteiger partial charge in [-0.1, -0.05) is 6.07 Å². The molecule has 1 aromatic rings. The van der Waals surface area contributed by atoms with E-state index in [9.17, 15) is 9.59 Å². The third kappa shape index (κ3) is 4.09. The van der Waals surface area contributed by atoms with Crippen molar-refractivity contribution in [3.63, 3.8) is 0 Å². The second-order valence-electron chi connectivity index (χ2n) is 6.14. The number of hydrogen-bond donors (Lipinski definition) is 1. The van der Waals surface area contributed by atoms with Gasteiger partial charge in [-0.25, -0.2) is 14.6 Å². The van der Waals surface area contributed by atoms with Crippen LogP contribution in [0.3, 0.4) is 0 Å². The Morgan fingerprint density at radius 1 is 1.18 bits per heavy atom. The number of carboxylic acid groups (broad SMARTS) is 1. The van der Waals surface area contributed by atoms with E-state index < -0.39 is 11.6 Å². The number of pyridine rings is 1. The summed E-state index contributed by atoms with van der Waals surface area (Å²) in [7, 11) is 0. The first-order chi connectivity index (χ1) is 10.3. The molecular formula is C15H21N3O4. The Kier molecular flexibility index (Phi) is 4.54. The topological polar surface area (TPSA) is 83.0 Å². The van der Waals surface area contributed by atoms with Crippen LogP contribution in [0.25, 0.3) is 0 Å². The van der Waals surface area contributed by atoms with Crippen molar-refractivity contribution in [2.75, 3.05) is 31.1 Å². The molecular weight excluding hydrogens is 286 g/mol. The first-order valence-electron chi connectivity index (χ1n) is 7.19. The Balaban J connectivity index is 1.96. The summed E-state index contributed by atoms with van der Waals surface area (Å²) in [4.78, 5) is 30.7. The number of carbonyl (C=O) groups is 2. The molecule has 1 saturated heterocycles. The van der Waals surface area contributed by atoms with Crippen molar-refractivity contribution in [3.8, 4) is 0 Å². The summed E-state index contributed by atoms with van der Waals surface area (Å²) in [6.45, 7) is 7.74. The van der Waals surface area contributed by atoms with E-state index >= 15 is 0 Å². The van der Waals surface area contributed by atoms with Gasteiger partial charge in [0.2, 0.25) is 0 Å². The third-order valence-electron chi connectivity index (χ3n) is 3.21. The molecule has 0 unspecified atom stereocenters. The predicted molar refractivity (Wildman–Crippen MR) is 81.2 cm³/mol. The standard InChI is InChI=1S/C15H21N3O4/c1-15(2,3)22-14(21)18-9-7-17(8-10-18)12-6-4-5-11(16-12)13(19)20/h4-6H,7-10H2,1-3H3,(H,19,20). The molecule has 1 aliphatic rings. The number of amides is 1. The highest BCUT2D eigenvalue weighted by Crippen LogP contribution is 2.16. The minimum atomic E-state index is -1.05. The van der Waals surface area contributed by atoms with Gasteiger partial charge in [-0.05, 0) is 32.9 Å². The lowest BCUT2D eigenvalue weighted by Crippen LogP contribution is -2.50. The third-order valence-corrected chi connectivity index (χ3v) is 3.21. The molecule has 1 N–H and O–H groups in total. The number of hydrogen-bond acceptors (Lipinski definition) is 5. The largest absolute Gasteiger partial charge is 0.477 e. The van der Waals surface area contributed by atoms with Crippen molar-refractivity contribution in [1.82, 2.24) is 9.88 Å². The second-order valence-corrected chi connectivity index (χ2v) is 6.14. The molecule has 7 nitrogen and oxygen atoms in total. The molecule has 2 rings (SSSR count). The monoisotopic (exact) mass is 307 g/mol. The molecule has 1 aliphatic heterocycles. The van der Waals surface area contributed by atoms with Crippen molar-refractivity contribution in [3.05, 3.63) is 23.9 Å². The van der Waals surface area contributed by atoms with Gasteiger partial charge in [0.25, 0.3) is 0 Å². The first kappa shape index (κ1) is 16.1. The number of ether oxygens (including phenoxy) is 1. The summed E-state index contributed by atoms with van der Waals surface area (Å²) in [6.07, 6.45) is -0.320. The molecule has 1 amide bonds. The molecule has 0 aromatic carbocycles. The van der Waals surface area contributed by atoms with Gasteiger partial charge in [-0.2, -0.15) is 0 Å². The van der Waals surface area contributed by atoms with Crippen LogP contribution in [0.2, 0.25) is 0 Å². The predicted octanol–water partition coefficient (Wildman–Crippen LogP) is 1.84. The first-order valence-corrected chi connectivity index (χ1v) is 7.19. The molecule has 120 valence electrons. The molecule has 7 heteroatoms. The minimum Gasteiger partial charge on any atom is -0.477 e. The van der Waals surface area contributed by atoms with Crippen molar-refractivity contribution >= 4 is 17.9 Å². The van der Waals surface area contributed by atoms with Crippen LogP contribution < -0.4 is 4.90 Å². The second kappa shape index (κ2) is 6.21. The maximum absolute atomic E-state index is 12.0. The summed E-state index contributed by atoms with van der Waals surface area (Å²) in [5.74, 6) is -0.432. The van der Waals surface area contributed by atoms with Crippen LogP contribution in [-0.2, 0) is 4.74 Å². The molecule has 2 heterocycles. The quantitative estimate of drug-likeness (QED) is 0.897. The highest BCUT2D eigenvalue weighted by Gasteiger charge is 2.26. The lowest BCUT2D eigenvalue weighted by Gasteiger charge is -2.36. The van der Waals surface area contributed by atoms with E-state index in [1.54, 1.807) is 17.0 Å². The zero-order valence-electron chi connectivity index (χ0n) is 13.1. The fourth-order valence-corrected chi connectivity index (χ4v) is 2.16. The smallest absolute Gasteiger partial charge is 0.410 e. The van der Waals surface area contributed by atoms with Gasteiger partial charge in [0, 0.05) is 26.2 Å². The molecule has 0 atom stereocenters. The van der Waals surface area contributed by atoms with Gasteiger partial charge in [0.1, 0.15) is 11.4 Å². The van der Waals surface area contributed by atoms with Crippen LogP contribution in [0.5, 0.6) is 0 Å². The van der Waals surface area contributed by atoms with E-state index in [1.165, 1.54) is 6.07 Å². The number of nitrogens with zero attached hydrogens (tertiary/aromatic N) is 3. The Morgan fingerprint density at radius 3 is 2.36 bits per heavy atom. The van der Waals surface area contributed by atoms with E-state index in [4.69, 9.17) is 9.84 Å². The van der Waals surface area contributed by atoms with Crippen molar-refractivity contribution in [2.24, 2.45) is 0 Å². The molecule has 0 saturated carbocycles. The van der Waals surface area contributed by atoms with Crippen molar-refractivity contribution < 1.29 is 19.4 Å². The highest BCUT2D eigenvalue weighted by atomic mass is 16.6. The fraction of sp³-hybridized carbons (Fsp3) is 0.533. The molecule has 22 heavy (non-hydrogen) atoms. The average molecular weight is 307 g/mol. The summed E-state index contributed by atoms with van der Waals surface area (Å²) in [5.41, 5.74) is -0.488. The Morgan fingerprint density at radius 2 is 1.82 bits per heavy atom. The van der Waals surface area contributed by atoms with E-state index in [2.05, 4.69) is 4.98 Å². The fourth-order valence-electron chi connectivity index (χ4n) is 2.16. The Hall–Kier alpha value is -2.31. The number of aromatic nitrogens is 1. The molecule has 0 bridgehead atoms. The van der Waals surface area contributed by atoms with Crippen LogP contribution in [-0.4, -0.2) is 58.8 Å². The Bertz CT molecular complexity index is 560. The molecule has 0 aliphatic carbocycles. The number of piperazine rings is 1. The summed E-state index contributed by atoms with van der Waals surface area (Å²) in [6, 6.07) is 4.91. The summed E-state index contributed by atoms with van der Waals surface area (Å²) in [5, 5.41) is 8.98. The maximum atomic E-state index is 12.0. The number of carboxylic acids is 1. The Labute approximate surface area is 129 Å². The number of rotatable bonds is 2. The van der Waals surface area contributed by atoms with Gasteiger partial charge in [-0.3, -0.25) is 0 Å². The zero-order chi connectivity index (χ0) is 16.3. The van der Waals surface area contributed by atoms with Crippen LogP contribution in [0.4, 0.5) is 10.6 Å². The SMILES string of the molecule is CC(C)(C)OC(=O)N1CCN(c2cccc(C(=O)O)n2)CC1. The van der Waals surface area contributed by atoms with Crippen LogP contribution >= 0.6 is 0 Å². The summed E-state index contributed by atoms with van der Waals surface area (Å²) < 4.78 is 5.34. The highest BCUT2D eigenvalue weighted by molar-refractivity contribution is 5.85. The van der Waals surface area contributed by atoms with Crippen LogP contribution in [0.1, 0.15) is 31.3 Å². The molecule has 0 radical (unpaired) electrons. The van der Waals surface area contributed by atoms with Crippen molar-refractivity contribution in [1.29, 1.82) is 0 Å². The van der Waals surface area contributed by atoms with E-state index in [1.807, 2.05) is 25.7 Å². The van der Waals surface area contributed by atoms with Gasteiger partial charge in [-0.15, -0.1) is 0 Å². The minimum absolute atomic E-state index is 0.0204. The number of carbonyl (C=O) groups excluding carboxylic acids is 1. The molecule has 1 aromatic heterocycles. The van der Waals surface area contributed by atoms with Gasteiger partial charge in [0.05, 0.1) is 0 Å². The van der Waals surface area contributed by atoms with Crippen LogP contribution in [0, 0.1) is 0 Å². The summed E-state index contributed by atoms with van der Waals surface area (Å²) >= 11 is 0. The van der Waals surface area contributed by atoms with Gasteiger partial charge in [0.15, 0.2) is 5.69 Å². The number of aromatic carboxylic acids is 1. The maximum Gasteiger partial charge on any atom is 0.410 e. The zero-order valence-corrected chi connectivity index (χ0v) is 13.1. The number of anilines is 1. The normalized spacial score (nSPS) is 15.6.